The summed E-state index contributed by atoms with van der Waals surface area (Å²) < 4.78 is 11.4. The van der Waals surface area contributed by atoms with Gasteiger partial charge in [0.25, 0.3) is 0 Å². The number of methoxy groups -OCH3 is 1. The number of hydrogen-bond acceptors (Lipinski definition) is 3. The van der Waals surface area contributed by atoms with Gasteiger partial charge in [-0.1, -0.05) is 20.8 Å². The lowest BCUT2D eigenvalue weighted by Gasteiger charge is -2.36. The average Bonchev–Trinajstić information content (AvgIpc) is 2.53. The van der Waals surface area contributed by atoms with E-state index < -0.39 is 8.32 Å². The maximum Gasteiger partial charge on any atom is 0.250 e. The summed E-state index contributed by atoms with van der Waals surface area (Å²) in [5, 5.41) is 0.193. The Bertz CT molecular complexity index is 683. The van der Waals surface area contributed by atoms with E-state index in [2.05, 4.69) is 38.9 Å². The number of aliphatic imine (C=N–C) groups is 1. The van der Waals surface area contributed by atoms with Gasteiger partial charge in [-0.2, -0.15) is 0 Å². The zero-order chi connectivity index (χ0) is 17.8. The predicted octanol–water partition coefficient (Wildman–Crippen LogP) is 5.83. The quantitative estimate of drug-likeness (QED) is 0.506. The van der Waals surface area contributed by atoms with Crippen LogP contribution in [0.1, 0.15) is 26.3 Å². The molecule has 0 aliphatic carbocycles. The van der Waals surface area contributed by atoms with Crippen LogP contribution in [0.2, 0.25) is 18.1 Å². The number of rotatable bonds is 5. The lowest BCUT2D eigenvalue weighted by molar-refractivity contribution is 0.415. The molecule has 0 saturated heterocycles. The Morgan fingerprint density at radius 3 is 1.92 bits per heavy atom. The zero-order valence-corrected chi connectivity index (χ0v) is 16.5. The van der Waals surface area contributed by atoms with Gasteiger partial charge in [0, 0.05) is 6.21 Å². The van der Waals surface area contributed by atoms with Crippen LogP contribution in [-0.4, -0.2) is 21.6 Å². The van der Waals surface area contributed by atoms with Crippen LogP contribution in [0.3, 0.4) is 0 Å². The Hall–Kier alpha value is -2.07. The van der Waals surface area contributed by atoms with Crippen molar-refractivity contribution in [1.29, 1.82) is 0 Å². The van der Waals surface area contributed by atoms with Crippen molar-refractivity contribution in [1.82, 2.24) is 0 Å². The second kappa shape index (κ2) is 7.22. The minimum absolute atomic E-state index is 0.193. The second-order valence-electron chi connectivity index (χ2n) is 7.39. The van der Waals surface area contributed by atoms with Gasteiger partial charge in [0.1, 0.15) is 11.5 Å². The minimum Gasteiger partial charge on any atom is -0.544 e. The maximum absolute atomic E-state index is 6.28. The van der Waals surface area contributed by atoms with Crippen LogP contribution in [0, 0.1) is 0 Å². The van der Waals surface area contributed by atoms with E-state index in [1.807, 2.05) is 54.7 Å². The third kappa shape index (κ3) is 4.71. The monoisotopic (exact) mass is 341 g/mol. The molecule has 0 aromatic heterocycles. The molecule has 0 N–H and O–H groups in total. The second-order valence-corrected chi connectivity index (χ2v) is 12.1. The Kier molecular flexibility index (Phi) is 5.50. The van der Waals surface area contributed by atoms with E-state index in [-0.39, 0.29) is 5.04 Å². The Morgan fingerprint density at radius 1 is 0.875 bits per heavy atom. The van der Waals surface area contributed by atoms with Crippen molar-refractivity contribution >= 4 is 20.2 Å². The molecule has 0 aliphatic rings. The number of hydrogen-bond donors (Lipinski definition) is 0. The van der Waals surface area contributed by atoms with Crippen LogP contribution in [0.5, 0.6) is 11.5 Å². The molecule has 4 heteroatoms. The van der Waals surface area contributed by atoms with Crippen molar-refractivity contribution in [3.63, 3.8) is 0 Å². The number of nitrogens with zero attached hydrogens (tertiary/aromatic N) is 1. The molecule has 0 heterocycles. The normalized spacial score (nSPS) is 12.4. The molecule has 0 saturated carbocycles. The van der Waals surface area contributed by atoms with E-state index in [0.717, 1.165) is 22.7 Å². The molecule has 0 bridgehead atoms. The highest BCUT2D eigenvalue weighted by molar-refractivity contribution is 6.74. The van der Waals surface area contributed by atoms with E-state index in [4.69, 9.17) is 9.16 Å². The molecule has 0 radical (unpaired) electrons. The van der Waals surface area contributed by atoms with Gasteiger partial charge in [0.15, 0.2) is 0 Å². The third-order valence-electron chi connectivity index (χ3n) is 4.49. The summed E-state index contributed by atoms with van der Waals surface area (Å²) in [6.45, 7) is 11.2. The van der Waals surface area contributed by atoms with E-state index >= 15 is 0 Å². The van der Waals surface area contributed by atoms with Crippen molar-refractivity contribution in [2.75, 3.05) is 7.11 Å². The first kappa shape index (κ1) is 18.3. The molecule has 0 aliphatic heterocycles. The third-order valence-corrected chi connectivity index (χ3v) is 8.85. The van der Waals surface area contributed by atoms with E-state index in [1.165, 1.54) is 0 Å². The molecular weight excluding hydrogens is 314 g/mol. The van der Waals surface area contributed by atoms with Gasteiger partial charge in [0.05, 0.1) is 12.8 Å². The lowest BCUT2D eigenvalue weighted by atomic mass is 10.2. The van der Waals surface area contributed by atoms with E-state index in [9.17, 15) is 0 Å². The van der Waals surface area contributed by atoms with Crippen LogP contribution in [0.4, 0.5) is 5.69 Å². The van der Waals surface area contributed by atoms with Gasteiger partial charge in [0.2, 0.25) is 8.32 Å². The zero-order valence-electron chi connectivity index (χ0n) is 15.5. The van der Waals surface area contributed by atoms with Crippen LogP contribution in [0.15, 0.2) is 53.5 Å². The molecule has 0 atom stereocenters. The molecule has 0 fully saturated rings. The number of benzene rings is 2. The van der Waals surface area contributed by atoms with Crippen LogP contribution in [-0.2, 0) is 0 Å². The van der Waals surface area contributed by atoms with Crippen molar-refractivity contribution in [3.05, 3.63) is 54.1 Å². The molecule has 24 heavy (non-hydrogen) atoms. The first-order valence-electron chi connectivity index (χ1n) is 8.18. The van der Waals surface area contributed by atoms with Crippen molar-refractivity contribution in [2.24, 2.45) is 4.99 Å². The summed E-state index contributed by atoms with van der Waals surface area (Å²) in [5.41, 5.74) is 1.95. The van der Waals surface area contributed by atoms with E-state index in [0.29, 0.717) is 0 Å². The van der Waals surface area contributed by atoms with Crippen molar-refractivity contribution in [2.45, 2.75) is 38.9 Å². The van der Waals surface area contributed by atoms with Gasteiger partial charge >= 0.3 is 0 Å². The van der Waals surface area contributed by atoms with Crippen LogP contribution >= 0.6 is 0 Å². The van der Waals surface area contributed by atoms with Gasteiger partial charge in [-0.25, -0.2) is 0 Å². The fourth-order valence-electron chi connectivity index (χ4n) is 1.89. The lowest BCUT2D eigenvalue weighted by Crippen LogP contribution is -2.43. The summed E-state index contributed by atoms with van der Waals surface area (Å²) in [7, 11) is -0.130. The van der Waals surface area contributed by atoms with Gasteiger partial charge in [-0.3, -0.25) is 4.99 Å². The highest BCUT2D eigenvalue weighted by Crippen LogP contribution is 2.37. The summed E-state index contributed by atoms with van der Waals surface area (Å²) >= 11 is 0. The Morgan fingerprint density at radius 2 is 1.42 bits per heavy atom. The minimum atomic E-state index is -1.79. The molecule has 0 unspecified atom stereocenters. The predicted molar refractivity (Wildman–Crippen MR) is 105 cm³/mol. The largest absolute Gasteiger partial charge is 0.544 e. The van der Waals surface area contributed by atoms with Crippen LogP contribution < -0.4 is 9.16 Å². The molecule has 3 nitrogen and oxygen atoms in total. The fraction of sp³-hybridized carbons (Fsp3) is 0.350. The topological polar surface area (TPSA) is 30.8 Å². The molecule has 2 aromatic rings. The molecule has 2 aromatic carbocycles. The summed E-state index contributed by atoms with van der Waals surface area (Å²) in [5.74, 6) is 1.77. The van der Waals surface area contributed by atoms with Crippen LogP contribution in [0.25, 0.3) is 0 Å². The van der Waals surface area contributed by atoms with Gasteiger partial charge in [-0.15, -0.1) is 0 Å². The Labute approximate surface area is 146 Å². The molecular formula is C20H27NO2Si. The summed E-state index contributed by atoms with van der Waals surface area (Å²) in [6.07, 6.45) is 1.85. The highest BCUT2D eigenvalue weighted by Gasteiger charge is 2.38. The average molecular weight is 342 g/mol. The maximum atomic E-state index is 6.28. The Balaban J connectivity index is 2.05. The molecule has 0 spiro atoms. The van der Waals surface area contributed by atoms with Gasteiger partial charge in [-0.05, 0) is 72.2 Å². The molecule has 2 rings (SSSR count). The van der Waals surface area contributed by atoms with Gasteiger partial charge < -0.3 is 9.16 Å². The van der Waals surface area contributed by atoms with Crippen molar-refractivity contribution in [3.8, 4) is 11.5 Å². The highest BCUT2D eigenvalue weighted by atomic mass is 28.4. The smallest absolute Gasteiger partial charge is 0.250 e. The van der Waals surface area contributed by atoms with E-state index in [1.54, 1.807) is 7.11 Å². The standard InChI is InChI=1S/C20H27NO2Si/c1-20(2,3)24(5,6)23-19-13-9-17(10-14-19)21-15-16-7-11-18(22-4)12-8-16/h7-15H,1-6H3. The first-order valence-corrected chi connectivity index (χ1v) is 11.1. The summed E-state index contributed by atoms with van der Waals surface area (Å²) in [4.78, 5) is 4.51. The molecule has 128 valence electrons. The SMILES string of the molecule is COc1ccc(C=Nc2ccc(O[Si](C)(C)C(C)(C)C)cc2)cc1. The summed E-state index contributed by atoms with van der Waals surface area (Å²) in [6, 6.07) is 15.8. The fourth-order valence-corrected chi connectivity index (χ4v) is 2.92. The van der Waals surface area contributed by atoms with Crippen molar-refractivity contribution < 1.29 is 9.16 Å². The number of ether oxygens (including phenoxy) is 1. The first-order chi connectivity index (χ1) is 11.2. The molecule has 0 amide bonds.